The lowest BCUT2D eigenvalue weighted by atomic mass is 10.3. The smallest absolute Gasteiger partial charge is 0.189 e. The summed E-state index contributed by atoms with van der Waals surface area (Å²) in [6.45, 7) is 6.95. The zero-order chi connectivity index (χ0) is 11.0. The highest BCUT2D eigenvalue weighted by molar-refractivity contribution is 8.46. The van der Waals surface area contributed by atoms with E-state index in [2.05, 4.69) is 32.3 Å². The average molecular weight is 253 g/mol. The predicted molar refractivity (Wildman–Crippen MR) is 72.9 cm³/mol. The Bertz CT molecular complexity index is 553. The summed E-state index contributed by atoms with van der Waals surface area (Å²) in [4.78, 5) is 7.93. The summed E-state index contributed by atoms with van der Waals surface area (Å²) < 4.78 is 2.08. The summed E-state index contributed by atoms with van der Waals surface area (Å²) in [5.41, 5.74) is 3.68. The molecule has 2 atom stereocenters. The van der Waals surface area contributed by atoms with Crippen LogP contribution in [0.1, 0.15) is 0 Å². The third kappa shape index (κ3) is 1.91. The van der Waals surface area contributed by atoms with Crippen LogP contribution in [0.25, 0.3) is 15.9 Å². The van der Waals surface area contributed by atoms with Crippen molar-refractivity contribution in [2.24, 2.45) is 7.05 Å². The molecule has 2 rings (SSSR count). The summed E-state index contributed by atoms with van der Waals surface area (Å²) in [6.07, 6.45) is 0. The van der Waals surface area contributed by atoms with Crippen molar-refractivity contribution in [3.05, 3.63) is 29.6 Å². The molecule has 0 bridgehead atoms. The Morgan fingerprint density at radius 1 is 1.47 bits per heavy atom. The maximum atomic E-state index is 6.95. The Morgan fingerprint density at radius 3 is 2.80 bits per heavy atom. The Balaban J connectivity index is 2.72. The molecule has 0 fully saturated rings. The van der Waals surface area contributed by atoms with Gasteiger partial charge in [-0.15, -0.1) is 0 Å². The number of aromatic nitrogens is 2. The first-order valence-corrected chi connectivity index (χ1v) is 8.85. The van der Waals surface area contributed by atoms with E-state index >= 15 is 0 Å². The van der Waals surface area contributed by atoms with Crippen molar-refractivity contribution in [1.29, 1.82) is 0 Å². The van der Waals surface area contributed by atoms with Crippen LogP contribution in [0.5, 0.6) is 0 Å². The summed E-state index contributed by atoms with van der Waals surface area (Å²) >= 11 is 0. The van der Waals surface area contributed by atoms with Gasteiger partial charge in [0.15, 0.2) is 5.69 Å². The van der Waals surface area contributed by atoms with Crippen molar-refractivity contribution in [3.8, 4) is 0 Å². The van der Waals surface area contributed by atoms with E-state index < -0.39 is 0 Å². The number of aryl methyl sites for hydroxylation is 1. The van der Waals surface area contributed by atoms with E-state index in [-0.39, 0.29) is 7.30 Å². The Morgan fingerprint density at radius 2 is 2.20 bits per heavy atom. The lowest BCUT2D eigenvalue weighted by Gasteiger charge is -2.04. The molecule has 1 heterocycles. The zero-order valence-corrected chi connectivity index (χ0v) is 11.4. The fourth-order valence-electron chi connectivity index (χ4n) is 1.48. The lowest BCUT2D eigenvalue weighted by molar-refractivity contribution is 0.991. The van der Waals surface area contributed by atoms with Gasteiger partial charge in [-0.25, -0.2) is 9.83 Å². The molecular formula is C9H10N3P3. The van der Waals surface area contributed by atoms with E-state index in [1.165, 1.54) is 0 Å². The van der Waals surface area contributed by atoms with Crippen LogP contribution in [-0.4, -0.2) is 9.55 Å². The monoisotopic (exact) mass is 253 g/mol. The van der Waals surface area contributed by atoms with Gasteiger partial charge in [-0.2, -0.15) is 0 Å². The highest BCUT2D eigenvalue weighted by Gasteiger charge is 2.10. The zero-order valence-electron chi connectivity index (χ0n) is 8.18. The fraction of sp³-hybridized carbons (Fsp3) is 0.111. The molecule has 0 N–H and O–H groups in total. The van der Waals surface area contributed by atoms with E-state index in [1.807, 2.05) is 25.2 Å². The molecule has 0 amide bonds. The van der Waals surface area contributed by atoms with Gasteiger partial charge in [-0.05, 0) is 12.1 Å². The van der Waals surface area contributed by atoms with Crippen LogP contribution in [-0.2, 0) is 7.05 Å². The minimum Gasteiger partial charge on any atom is -0.327 e. The summed E-state index contributed by atoms with van der Waals surface area (Å²) in [7, 11) is 7.16. The molecular weight excluding hydrogens is 243 g/mol. The second-order valence-electron chi connectivity index (χ2n) is 3.16. The van der Waals surface area contributed by atoms with Crippen LogP contribution in [0.2, 0.25) is 0 Å². The lowest BCUT2D eigenvalue weighted by Crippen LogP contribution is -2.09. The first-order valence-electron chi connectivity index (χ1n) is 4.27. The number of benzene rings is 1. The Hall–Kier alpha value is -0.530. The minimum absolute atomic E-state index is 0.369. The van der Waals surface area contributed by atoms with Crippen molar-refractivity contribution in [3.63, 3.8) is 0 Å². The molecule has 6 heteroatoms. The number of nitrogens with zero attached hydrogens (tertiary/aromatic N) is 3. The SMILES string of the molecule is [C-]#[N+]c1ccc2c(c1)nc(P(P)P)n2C. The molecule has 0 spiro atoms. The molecule has 0 aliphatic rings. The van der Waals surface area contributed by atoms with Gasteiger partial charge in [-0.1, -0.05) is 23.9 Å². The van der Waals surface area contributed by atoms with E-state index in [0.29, 0.717) is 5.69 Å². The number of hydrogen-bond acceptors (Lipinski definition) is 1. The second-order valence-corrected chi connectivity index (χ2v) is 9.50. The van der Waals surface area contributed by atoms with E-state index in [0.717, 1.165) is 16.6 Å². The number of rotatable bonds is 1. The normalized spacial score (nSPS) is 10.9. The predicted octanol–water partition coefficient (Wildman–Crippen LogP) is 2.81. The number of fused-ring (bicyclic) bond motifs is 1. The van der Waals surface area contributed by atoms with Crippen LogP contribution >= 0.6 is 25.2 Å². The summed E-state index contributed by atoms with van der Waals surface area (Å²) in [6, 6.07) is 5.61. The Labute approximate surface area is 94.0 Å². The maximum absolute atomic E-state index is 6.95. The summed E-state index contributed by atoms with van der Waals surface area (Å²) in [5, 5.41) is 0. The molecule has 0 saturated heterocycles. The average Bonchev–Trinajstić information content (AvgIpc) is 2.55. The van der Waals surface area contributed by atoms with Crippen molar-refractivity contribution in [1.82, 2.24) is 9.55 Å². The largest absolute Gasteiger partial charge is 0.327 e. The van der Waals surface area contributed by atoms with Crippen molar-refractivity contribution in [2.45, 2.75) is 0 Å². The van der Waals surface area contributed by atoms with Gasteiger partial charge in [0.1, 0.15) is 5.57 Å². The quantitative estimate of drug-likeness (QED) is 0.565. The molecule has 0 aliphatic heterocycles. The molecule has 0 saturated carbocycles. The van der Waals surface area contributed by atoms with E-state index in [4.69, 9.17) is 6.57 Å². The number of imidazole rings is 1. The van der Waals surface area contributed by atoms with Gasteiger partial charge in [0.25, 0.3) is 0 Å². The van der Waals surface area contributed by atoms with Crippen LogP contribution in [0, 0.1) is 6.57 Å². The minimum atomic E-state index is -0.369. The van der Waals surface area contributed by atoms with E-state index in [1.54, 1.807) is 0 Å². The van der Waals surface area contributed by atoms with Gasteiger partial charge in [-0.3, -0.25) is 0 Å². The first kappa shape index (κ1) is 11.0. The van der Waals surface area contributed by atoms with Crippen molar-refractivity contribution >= 4 is 47.4 Å². The molecule has 1 aromatic carbocycles. The molecule has 0 radical (unpaired) electrons. The van der Waals surface area contributed by atoms with Crippen LogP contribution < -0.4 is 5.57 Å². The molecule has 15 heavy (non-hydrogen) atoms. The molecule has 2 unspecified atom stereocenters. The van der Waals surface area contributed by atoms with Gasteiger partial charge in [0, 0.05) is 14.3 Å². The maximum Gasteiger partial charge on any atom is 0.189 e. The van der Waals surface area contributed by atoms with Crippen molar-refractivity contribution in [2.75, 3.05) is 0 Å². The standard InChI is InChI=1S/C9H10N3P3/c1-10-6-3-4-8-7(5-6)11-9(12(8)2)15(13)14/h3-5H,13-14H2,2H3. The molecule has 76 valence electrons. The molecule has 0 aliphatic carbocycles. The number of hydrogen-bond donors (Lipinski definition) is 0. The molecule has 3 nitrogen and oxygen atoms in total. The van der Waals surface area contributed by atoms with Gasteiger partial charge in [0.2, 0.25) is 0 Å². The Kier molecular flexibility index (Phi) is 3.03. The van der Waals surface area contributed by atoms with Gasteiger partial charge in [0.05, 0.1) is 17.6 Å². The molecule has 2 aromatic rings. The highest BCUT2D eigenvalue weighted by atomic mass is 32.4. The third-order valence-corrected chi connectivity index (χ3v) is 4.45. The first-order chi connectivity index (χ1) is 7.13. The topological polar surface area (TPSA) is 22.2 Å². The van der Waals surface area contributed by atoms with Crippen LogP contribution in [0.4, 0.5) is 5.69 Å². The van der Waals surface area contributed by atoms with Crippen LogP contribution in [0.3, 0.4) is 0 Å². The highest BCUT2D eigenvalue weighted by Crippen LogP contribution is 2.51. The summed E-state index contributed by atoms with van der Waals surface area (Å²) in [5.74, 6) is 0. The third-order valence-electron chi connectivity index (χ3n) is 2.20. The fourth-order valence-corrected chi connectivity index (χ4v) is 3.54. The van der Waals surface area contributed by atoms with E-state index in [9.17, 15) is 0 Å². The van der Waals surface area contributed by atoms with Crippen LogP contribution in [0.15, 0.2) is 18.2 Å². The molecule has 1 aromatic heterocycles. The second kappa shape index (κ2) is 4.15. The van der Waals surface area contributed by atoms with Gasteiger partial charge >= 0.3 is 0 Å². The van der Waals surface area contributed by atoms with Gasteiger partial charge < -0.3 is 4.57 Å². The van der Waals surface area contributed by atoms with Crippen molar-refractivity contribution < 1.29 is 0 Å².